The Balaban J connectivity index is 2.95. The van der Waals surface area contributed by atoms with Crippen LogP contribution in [-0.4, -0.2) is 40.1 Å². The number of hydrogen-bond acceptors (Lipinski definition) is 6. The molecule has 0 aromatic carbocycles. The molecule has 0 radical (unpaired) electrons. The van der Waals surface area contributed by atoms with Gasteiger partial charge in [0.05, 0.1) is 0 Å². The molecule has 1 aliphatic carbocycles. The van der Waals surface area contributed by atoms with E-state index < -0.39 is 56.3 Å². The molecule has 0 N–H and O–H groups in total. The Labute approximate surface area is 121 Å². The van der Waals surface area contributed by atoms with Crippen molar-refractivity contribution in [2.24, 2.45) is 0 Å². The average molecular weight is 380 g/mol. The van der Waals surface area contributed by atoms with E-state index >= 15 is 0 Å². The van der Waals surface area contributed by atoms with Crippen molar-refractivity contribution in [1.29, 1.82) is 0 Å². The molecule has 6 nitrogen and oxygen atoms in total. The summed E-state index contributed by atoms with van der Waals surface area (Å²) in [5.41, 5.74) is -11.6. The molecular weight excluding hydrogens is 370 g/mol. The summed E-state index contributed by atoms with van der Waals surface area (Å²) in [6.45, 7) is 0. The number of rotatable bonds is 4. The Morgan fingerprint density at radius 1 is 0.682 bits per heavy atom. The Kier molecular flexibility index (Phi) is 5.42. The van der Waals surface area contributed by atoms with Crippen LogP contribution in [0.15, 0.2) is 0 Å². The van der Waals surface area contributed by atoms with Crippen LogP contribution < -0.4 is 0 Å². The van der Waals surface area contributed by atoms with E-state index in [2.05, 4.69) is 8.37 Å². The molecule has 22 heavy (non-hydrogen) atoms. The van der Waals surface area contributed by atoms with E-state index in [9.17, 15) is 43.2 Å². The summed E-state index contributed by atoms with van der Waals surface area (Å²) in [6, 6.07) is 0. The van der Waals surface area contributed by atoms with Crippen LogP contribution in [0.3, 0.4) is 0 Å². The molecular formula is C8H10F6O6S2. The van der Waals surface area contributed by atoms with E-state index in [0.29, 0.717) is 0 Å². The maximum Gasteiger partial charge on any atom is 0.523 e. The largest absolute Gasteiger partial charge is 0.523 e. The molecule has 1 fully saturated rings. The second-order valence-electron chi connectivity index (χ2n) is 4.35. The number of hydrogen-bond donors (Lipinski definition) is 0. The molecule has 14 heteroatoms. The molecule has 1 rings (SSSR count). The summed E-state index contributed by atoms with van der Waals surface area (Å²) >= 11 is 0. The van der Waals surface area contributed by atoms with Crippen LogP contribution in [0.1, 0.15) is 25.7 Å². The Morgan fingerprint density at radius 2 is 0.955 bits per heavy atom. The van der Waals surface area contributed by atoms with Crippen LogP contribution in [0.25, 0.3) is 0 Å². The molecule has 0 heterocycles. The van der Waals surface area contributed by atoms with Gasteiger partial charge < -0.3 is 0 Å². The first-order valence-corrected chi connectivity index (χ1v) is 8.48. The van der Waals surface area contributed by atoms with Gasteiger partial charge in [0.25, 0.3) is 0 Å². The van der Waals surface area contributed by atoms with Crippen LogP contribution in [0.2, 0.25) is 0 Å². The van der Waals surface area contributed by atoms with Gasteiger partial charge in [-0.2, -0.15) is 43.2 Å². The van der Waals surface area contributed by atoms with Gasteiger partial charge in [-0.05, 0) is 12.8 Å². The van der Waals surface area contributed by atoms with Gasteiger partial charge in [-0.25, -0.2) is 0 Å². The minimum Gasteiger partial charge on any atom is -0.257 e. The first-order chi connectivity index (χ1) is 9.67. The minimum atomic E-state index is -6.08. The van der Waals surface area contributed by atoms with Crippen molar-refractivity contribution in [3.05, 3.63) is 0 Å². The third-order valence-corrected chi connectivity index (χ3v) is 4.84. The smallest absolute Gasteiger partial charge is 0.257 e. The van der Waals surface area contributed by atoms with Gasteiger partial charge in [0.1, 0.15) is 12.2 Å². The number of halogens is 6. The lowest BCUT2D eigenvalue weighted by Crippen LogP contribution is -2.42. The predicted octanol–water partition coefficient (Wildman–Crippen LogP) is 2.03. The molecule has 132 valence electrons. The first-order valence-electron chi connectivity index (χ1n) is 5.66. The molecule has 2 atom stereocenters. The highest BCUT2D eigenvalue weighted by atomic mass is 32.2. The standard InChI is InChI=1S/C8H10F6O6S2/c9-7(10,11)21(15,16)19-5-3-1-2-4-6(5)20-22(17,18)8(12,13)14/h5-6H,1-4H2/t5-,6-/m0/s1. The monoisotopic (exact) mass is 380 g/mol. The highest BCUT2D eigenvalue weighted by molar-refractivity contribution is 7.88. The molecule has 0 unspecified atom stereocenters. The molecule has 0 saturated heterocycles. The van der Waals surface area contributed by atoms with Gasteiger partial charge in [-0.15, -0.1) is 0 Å². The van der Waals surface area contributed by atoms with E-state index in [0.717, 1.165) is 0 Å². The molecule has 1 aliphatic rings. The summed E-state index contributed by atoms with van der Waals surface area (Å²) in [5.74, 6) is 0. The SMILES string of the molecule is O=S(=O)(O[C@H]1CCCC[C@@H]1OS(=O)(=O)C(F)(F)F)C(F)(F)F. The lowest BCUT2D eigenvalue weighted by molar-refractivity contribution is -0.0747. The predicted molar refractivity (Wildman–Crippen MR) is 58.2 cm³/mol. The van der Waals surface area contributed by atoms with Crippen molar-refractivity contribution in [2.75, 3.05) is 0 Å². The maximum atomic E-state index is 12.2. The fourth-order valence-corrected chi connectivity index (χ4v) is 3.03. The van der Waals surface area contributed by atoms with Crippen molar-refractivity contribution in [3.63, 3.8) is 0 Å². The average Bonchev–Trinajstić information content (AvgIpc) is 2.28. The van der Waals surface area contributed by atoms with Gasteiger partial charge in [0.2, 0.25) is 0 Å². The topological polar surface area (TPSA) is 86.7 Å². The van der Waals surface area contributed by atoms with E-state index in [-0.39, 0.29) is 12.8 Å². The van der Waals surface area contributed by atoms with Crippen molar-refractivity contribution in [2.45, 2.75) is 48.9 Å². The fourth-order valence-electron chi connectivity index (χ4n) is 1.72. The molecule has 0 bridgehead atoms. The van der Waals surface area contributed by atoms with Gasteiger partial charge >= 0.3 is 31.3 Å². The van der Waals surface area contributed by atoms with Crippen LogP contribution in [0.4, 0.5) is 26.3 Å². The highest BCUT2D eigenvalue weighted by Crippen LogP contribution is 2.34. The molecule has 1 saturated carbocycles. The van der Waals surface area contributed by atoms with Crippen molar-refractivity contribution in [3.8, 4) is 0 Å². The van der Waals surface area contributed by atoms with Crippen molar-refractivity contribution in [1.82, 2.24) is 0 Å². The Bertz CT molecular complexity index is 538. The van der Waals surface area contributed by atoms with Crippen molar-refractivity contribution >= 4 is 20.2 Å². The summed E-state index contributed by atoms with van der Waals surface area (Å²) in [7, 11) is -12.2. The van der Waals surface area contributed by atoms with E-state index in [1.165, 1.54) is 0 Å². The zero-order chi connectivity index (χ0) is 17.4. The molecule has 0 spiro atoms. The van der Waals surface area contributed by atoms with Crippen LogP contribution >= 0.6 is 0 Å². The summed E-state index contributed by atoms with van der Waals surface area (Å²) in [4.78, 5) is 0. The summed E-state index contributed by atoms with van der Waals surface area (Å²) in [6.07, 6.45) is -4.45. The third kappa shape index (κ3) is 4.45. The Morgan fingerprint density at radius 3 is 1.18 bits per heavy atom. The quantitative estimate of drug-likeness (QED) is 0.421. The lowest BCUT2D eigenvalue weighted by atomic mass is 9.95. The van der Waals surface area contributed by atoms with Gasteiger partial charge in [0.15, 0.2) is 0 Å². The van der Waals surface area contributed by atoms with Gasteiger partial charge in [-0.1, -0.05) is 12.8 Å². The van der Waals surface area contributed by atoms with Crippen LogP contribution in [-0.2, 0) is 28.6 Å². The zero-order valence-electron chi connectivity index (χ0n) is 10.5. The van der Waals surface area contributed by atoms with E-state index in [1.807, 2.05) is 0 Å². The summed E-state index contributed by atoms with van der Waals surface area (Å²) < 4.78 is 124. The number of alkyl halides is 6. The molecule has 0 aliphatic heterocycles. The van der Waals surface area contributed by atoms with Crippen LogP contribution in [0, 0.1) is 0 Å². The van der Waals surface area contributed by atoms with Crippen LogP contribution in [0.5, 0.6) is 0 Å². The second kappa shape index (κ2) is 6.13. The van der Waals surface area contributed by atoms with E-state index in [4.69, 9.17) is 0 Å². The van der Waals surface area contributed by atoms with Crippen molar-refractivity contribution < 1.29 is 51.5 Å². The first kappa shape index (κ1) is 19.4. The lowest BCUT2D eigenvalue weighted by Gasteiger charge is -2.30. The zero-order valence-corrected chi connectivity index (χ0v) is 12.1. The summed E-state index contributed by atoms with van der Waals surface area (Å²) in [5, 5.41) is 0. The van der Waals surface area contributed by atoms with Gasteiger partial charge in [0, 0.05) is 0 Å². The third-order valence-electron chi connectivity index (χ3n) is 2.71. The minimum absolute atomic E-state index is 0.143. The second-order valence-corrected chi connectivity index (χ2v) is 7.48. The molecule has 0 aromatic heterocycles. The van der Waals surface area contributed by atoms with Gasteiger partial charge in [-0.3, -0.25) is 8.37 Å². The fraction of sp³-hybridized carbons (Fsp3) is 1.00. The molecule has 0 amide bonds. The highest BCUT2D eigenvalue weighted by Gasteiger charge is 2.52. The van der Waals surface area contributed by atoms with E-state index in [1.54, 1.807) is 0 Å². The molecule has 0 aromatic rings. The normalized spacial score (nSPS) is 25.2. The Hall–Kier alpha value is -0.600. The maximum absolute atomic E-state index is 12.2.